The van der Waals surface area contributed by atoms with Crippen LogP contribution in [0.15, 0.2) is 0 Å². The van der Waals surface area contributed by atoms with Crippen LogP contribution in [0.25, 0.3) is 0 Å². The normalized spacial score (nSPS) is 29.9. The first-order chi connectivity index (χ1) is 44.6. The van der Waals surface area contributed by atoms with Gasteiger partial charge in [-0.1, -0.05) is 79.1 Å². The van der Waals surface area contributed by atoms with Gasteiger partial charge in [-0.25, -0.2) is 4.39 Å². The summed E-state index contributed by atoms with van der Waals surface area (Å²) in [7, 11) is 9.71. The van der Waals surface area contributed by atoms with Crippen LogP contribution in [0, 0.1) is 29.6 Å². The molecule has 6 rings (SSSR count). The molecule has 3 aliphatic heterocycles. The Kier molecular flexibility index (Phi) is 27.7. The van der Waals surface area contributed by atoms with E-state index >= 15 is 18.8 Å². The van der Waals surface area contributed by atoms with Crippen LogP contribution in [0.1, 0.15) is 176 Å². The molecule has 0 radical (unpaired) electrons. The SMILES string of the molecule is CC[C@H](C)[C@@H]1NC(=O)[C@H](C)N(C)C(=O)C[C@@H](C(=O)N2CCCCC2)N(C)C(=O)[C@H](C(C)C)N(C)C(=O)C2(CCCC2)NC(=O)[C@@H]2CCCN2C(=O)[C@H](CCC2CCC(C(F)(F)F)C(F)C2)NC(=O)CN(C)C(=O)[C@H](CC2CCCCC2)N(C)C(=O)CN(C)C(=O)CN(C)C1=O. The lowest BCUT2D eigenvalue weighted by molar-refractivity contribution is -0.201. The zero-order chi connectivity index (χ0) is 70.6. The summed E-state index contributed by atoms with van der Waals surface area (Å²) in [5.74, 6) is -11.8. The lowest BCUT2D eigenvalue weighted by Crippen LogP contribution is -2.65. The number of carbonyl (C=O) groups is 12. The average Bonchev–Trinajstić information content (AvgIpc) is 1.72. The molecule has 3 N–H and O–H groups in total. The Balaban J connectivity index is 1.38. The first-order valence-electron chi connectivity index (χ1n) is 34.6. The van der Waals surface area contributed by atoms with Gasteiger partial charge in [0, 0.05) is 69.0 Å². The van der Waals surface area contributed by atoms with E-state index in [2.05, 4.69) is 16.0 Å². The van der Waals surface area contributed by atoms with E-state index in [1.807, 2.05) is 6.92 Å². The van der Waals surface area contributed by atoms with Crippen molar-refractivity contribution in [3.05, 3.63) is 0 Å². The number of carbonyl (C=O) groups excluding carboxylic acids is 12. The maximum atomic E-state index is 15.3. The number of halogens is 4. The van der Waals surface area contributed by atoms with Crippen molar-refractivity contribution in [1.82, 2.24) is 60.0 Å². The second-order valence-corrected chi connectivity index (χ2v) is 28.6. The minimum atomic E-state index is -4.75. The van der Waals surface area contributed by atoms with E-state index in [1.54, 1.807) is 25.7 Å². The van der Waals surface area contributed by atoms with E-state index in [1.165, 1.54) is 75.9 Å². The molecule has 1 spiro atoms. The van der Waals surface area contributed by atoms with Crippen molar-refractivity contribution in [2.75, 3.05) is 88.6 Å². The lowest BCUT2D eigenvalue weighted by atomic mass is 9.78. The van der Waals surface area contributed by atoms with Gasteiger partial charge in [-0.15, -0.1) is 0 Å². The molecule has 3 heterocycles. The molecular weight excluding hydrogens is 1240 g/mol. The number of alkyl halides is 4. The van der Waals surface area contributed by atoms with Crippen molar-refractivity contribution in [2.45, 2.75) is 236 Å². The number of likely N-dealkylation sites (N-methyl/N-ethyl adjacent to an activating group) is 7. The summed E-state index contributed by atoms with van der Waals surface area (Å²) < 4.78 is 56.6. The highest BCUT2D eigenvalue weighted by Crippen LogP contribution is 2.43. The Hall–Kier alpha value is -6.64. The minimum absolute atomic E-state index is 0.00153. The van der Waals surface area contributed by atoms with Crippen LogP contribution in [-0.2, 0) is 57.5 Å². The molecule has 28 heteroatoms. The van der Waals surface area contributed by atoms with Gasteiger partial charge in [0.1, 0.15) is 54.0 Å². The zero-order valence-corrected chi connectivity index (χ0v) is 58.2. The second kappa shape index (κ2) is 34.0. The molecule has 0 aromatic heterocycles. The topological polar surface area (TPSA) is 270 Å². The molecule has 3 saturated carbocycles. The fourth-order valence-corrected chi connectivity index (χ4v) is 14.9. The van der Waals surface area contributed by atoms with E-state index in [-0.39, 0.29) is 57.4 Å². The quantitative estimate of drug-likeness (QED) is 0.274. The van der Waals surface area contributed by atoms with Crippen molar-refractivity contribution in [1.29, 1.82) is 0 Å². The third-order valence-electron chi connectivity index (χ3n) is 21.5. The lowest BCUT2D eigenvalue weighted by Gasteiger charge is -2.42. The highest BCUT2D eigenvalue weighted by atomic mass is 19.4. The summed E-state index contributed by atoms with van der Waals surface area (Å²) in [6, 6.07) is -8.83. The van der Waals surface area contributed by atoms with Crippen molar-refractivity contribution >= 4 is 70.9 Å². The second-order valence-electron chi connectivity index (χ2n) is 28.6. The molecule has 6 aliphatic rings. The largest absolute Gasteiger partial charge is 0.394 e. The Labute approximate surface area is 558 Å². The smallest absolute Gasteiger partial charge is 0.343 e. The van der Waals surface area contributed by atoms with Crippen molar-refractivity contribution in [2.24, 2.45) is 29.6 Å². The highest BCUT2D eigenvalue weighted by Gasteiger charge is 2.52. The monoisotopic (exact) mass is 1350 g/mol. The number of rotatable bonds is 9. The van der Waals surface area contributed by atoms with E-state index in [4.69, 9.17) is 0 Å². The Morgan fingerprint density at radius 1 is 0.600 bits per heavy atom. The first kappa shape index (κ1) is 77.4. The number of likely N-dealkylation sites (tertiary alicyclic amines) is 1. The molecule has 536 valence electrons. The van der Waals surface area contributed by atoms with Crippen LogP contribution in [0.5, 0.6) is 0 Å². The van der Waals surface area contributed by atoms with E-state index < -0.39 is 194 Å². The van der Waals surface area contributed by atoms with Gasteiger partial charge in [-0.3, -0.25) is 57.5 Å². The van der Waals surface area contributed by atoms with Crippen LogP contribution in [0.4, 0.5) is 17.6 Å². The van der Waals surface area contributed by atoms with Crippen LogP contribution in [-0.4, -0.2) is 264 Å². The molecule has 6 fully saturated rings. The summed E-state index contributed by atoms with van der Waals surface area (Å²) in [6.07, 6.45) is 0.354. The molecule has 11 atom stereocenters. The molecule has 24 nitrogen and oxygen atoms in total. The van der Waals surface area contributed by atoms with E-state index in [0.29, 0.717) is 51.6 Å². The summed E-state index contributed by atoms with van der Waals surface area (Å²) in [4.78, 5) is 187. The van der Waals surface area contributed by atoms with E-state index in [0.717, 1.165) is 58.1 Å². The summed E-state index contributed by atoms with van der Waals surface area (Å²) >= 11 is 0. The van der Waals surface area contributed by atoms with Crippen LogP contribution < -0.4 is 16.0 Å². The minimum Gasteiger partial charge on any atom is -0.343 e. The Morgan fingerprint density at radius 2 is 1.21 bits per heavy atom. The van der Waals surface area contributed by atoms with Gasteiger partial charge in [0.05, 0.1) is 32.0 Å². The zero-order valence-electron chi connectivity index (χ0n) is 58.2. The van der Waals surface area contributed by atoms with Gasteiger partial charge in [-0.2, -0.15) is 13.2 Å². The number of fused-ring (bicyclic) bond motifs is 1. The number of amides is 12. The fourth-order valence-electron chi connectivity index (χ4n) is 14.9. The molecule has 95 heavy (non-hydrogen) atoms. The standard InChI is InChI=1S/C67H108F4N12O12/c1-13-42(4)56-63(93)77(8)39-54(86)75(6)40-55(87)79(10)50(36-44-23-16-14-17-24-44)61(91)76(7)38-52(84)72-48(29-27-45-26-28-46(47(68)35-45)67(69,70)71)60(90)83-34-22-25-49(83)59(89)74-66(30-18-19-31-66)65(95)81(12)57(41(2)3)64(94)80(11)51(62(92)82-32-20-15-21-33-82)37-53(85)78(9)43(5)58(88)73-56/h41-51,56-57H,13-40H2,1-12H3,(H,72,84)(H,73,88)(H,74,89)/t42-,43-,45?,46?,47?,48-,49-,50-,51-,56-,57-/m0/s1. The molecule has 0 aromatic rings. The number of hydrogen-bond donors (Lipinski definition) is 3. The average molecular weight is 1350 g/mol. The first-order valence-corrected chi connectivity index (χ1v) is 34.6. The van der Waals surface area contributed by atoms with Gasteiger partial charge < -0.3 is 60.0 Å². The third-order valence-corrected chi connectivity index (χ3v) is 21.5. The molecule has 3 aliphatic carbocycles. The summed E-state index contributed by atoms with van der Waals surface area (Å²) in [6.45, 7) is 7.50. The molecule has 3 unspecified atom stereocenters. The van der Waals surface area contributed by atoms with Crippen LogP contribution >= 0.6 is 0 Å². The third kappa shape index (κ3) is 19.4. The predicted molar refractivity (Wildman–Crippen MR) is 344 cm³/mol. The van der Waals surface area contributed by atoms with Crippen molar-refractivity contribution < 1.29 is 75.1 Å². The molecule has 12 amide bonds. The van der Waals surface area contributed by atoms with Gasteiger partial charge in [0.15, 0.2) is 0 Å². The molecule has 3 saturated heterocycles. The Morgan fingerprint density at radius 3 is 1.81 bits per heavy atom. The van der Waals surface area contributed by atoms with Crippen molar-refractivity contribution in [3.8, 4) is 0 Å². The maximum Gasteiger partial charge on any atom is 0.394 e. The number of nitrogens with zero attached hydrogens (tertiary/aromatic N) is 9. The fraction of sp³-hybridized carbons (Fsp3) is 0.821. The highest BCUT2D eigenvalue weighted by molar-refractivity contribution is 6.00. The number of hydrogen-bond acceptors (Lipinski definition) is 12. The van der Waals surface area contributed by atoms with Gasteiger partial charge >= 0.3 is 6.18 Å². The maximum absolute atomic E-state index is 15.3. The summed E-state index contributed by atoms with van der Waals surface area (Å²) in [5, 5.41) is 8.54. The van der Waals surface area contributed by atoms with Crippen LogP contribution in [0.3, 0.4) is 0 Å². The van der Waals surface area contributed by atoms with E-state index in [9.17, 15) is 56.3 Å². The molecule has 0 bridgehead atoms. The summed E-state index contributed by atoms with van der Waals surface area (Å²) in [5.41, 5.74) is -1.58. The van der Waals surface area contributed by atoms with Gasteiger partial charge in [-0.05, 0) is 114 Å². The molecule has 0 aromatic carbocycles. The molecular formula is C67H108F4N12O12. The number of piperidine rings is 1. The predicted octanol–water partition coefficient (Wildman–Crippen LogP) is 4.26. The van der Waals surface area contributed by atoms with Crippen LogP contribution in [0.2, 0.25) is 0 Å². The Bertz CT molecular complexity index is 2760. The van der Waals surface area contributed by atoms with Crippen molar-refractivity contribution in [3.63, 3.8) is 0 Å². The van der Waals surface area contributed by atoms with Gasteiger partial charge in [0.25, 0.3) is 0 Å². The number of nitrogens with one attached hydrogen (secondary N) is 3. The van der Waals surface area contributed by atoms with Gasteiger partial charge in [0.2, 0.25) is 70.9 Å².